The molecule has 1 atom stereocenters. The van der Waals surface area contributed by atoms with E-state index in [1.807, 2.05) is 62.4 Å². The Labute approximate surface area is 176 Å². The van der Waals surface area contributed by atoms with Crippen LogP contribution < -0.4 is 15.4 Å². The highest BCUT2D eigenvalue weighted by Crippen LogP contribution is 2.32. The Bertz CT molecular complexity index is 1050. The standard InChI is InChI=1S/C24H26N4O2/c1-4-30-19-11-9-18(10-12-19)26-24-27-20-13-16(3)14-21(29)22(20)23(28-24)25-17-7-5-15(2)6-8-17/h5-12,16H,4,13-14H2,1-3H3,(H2,25,26,27,28). The van der Waals surface area contributed by atoms with Gasteiger partial charge in [-0.15, -0.1) is 0 Å². The summed E-state index contributed by atoms with van der Waals surface area (Å²) in [6.45, 7) is 6.70. The maximum atomic E-state index is 12.8. The van der Waals surface area contributed by atoms with Crippen LogP contribution in [0.4, 0.5) is 23.1 Å². The van der Waals surface area contributed by atoms with Gasteiger partial charge in [-0.3, -0.25) is 4.79 Å². The molecule has 0 saturated heterocycles. The second kappa shape index (κ2) is 8.53. The van der Waals surface area contributed by atoms with Gasteiger partial charge in [0, 0.05) is 17.8 Å². The Hall–Kier alpha value is -3.41. The molecule has 3 aromatic rings. The number of ether oxygens (including phenoxy) is 1. The van der Waals surface area contributed by atoms with Gasteiger partial charge in [0.25, 0.3) is 0 Å². The van der Waals surface area contributed by atoms with Crippen molar-refractivity contribution >= 4 is 28.9 Å². The highest BCUT2D eigenvalue weighted by Gasteiger charge is 2.28. The van der Waals surface area contributed by atoms with Gasteiger partial charge in [-0.2, -0.15) is 4.98 Å². The predicted octanol–water partition coefficient (Wildman–Crippen LogP) is 5.44. The lowest BCUT2D eigenvalue weighted by molar-refractivity contribution is 0.0953. The quantitative estimate of drug-likeness (QED) is 0.572. The molecule has 1 aliphatic carbocycles. The number of Topliss-reactive ketones (excluding diaryl/α,β-unsaturated/α-hetero) is 1. The normalized spacial score (nSPS) is 15.4. The van der Waals surface area contributed by atoms with Crippen LogP contribution in [0.25, 0.3) is 0 Å². The third-order valence-corrected chi connectivity index (χ3v) is 5.07. The second-order valence-electron chi connectivity index (χ2n) is 7.73. The molecule has 30 heavy (non-hydrogen) atoms. The number of benzene rings is 2. The average Bonchev–Trinajstić information content (AvgIpc) is 2.71. The van der Waals surface area contributed by atoms with Crippen molar-refractivity contribution in [3.05, 3.63) is 65.4 Å². The molecule has 0 bridgehead atoms. The summed E-state index contributed by atoms with van der Waals surface area (Å²) in [4.78, 5) is 22.1. The SMILES string of the molecule is CCOc1ccc(Nc2nc3c(c(Nc4ccc(C)cc4)n2)C(=O)CC(C)C3)cc1. The van der Waals surface area contributed by atoms with Gasteiger partial charge in [-0.05, 0) is 62.6 Å². The zero-order chi connectivity index (χ0) is 21.1. The van der Waals surface area contributed by atoms with Crippen molar-refractivity contribution in [2.24, 2.45) is 5.92 Å². The lowest BCUT2D eigenvalue weighted by Crippen LogP contribution is -2.22. The Morgan fingerprint density at radius 1 is 0.967 bits per heavy atom. The van der Waals surface area contributed by atoms with Crippen LogP contribution >= 0.6 is 0 Å². The molecule has 2 aromatic carbocycles. The molecular formula is C24H26N4O2. The number of nitrogens with one attached hydrogen (secondary N) is 2. The van der Waals surface area contributed by atoms with Crippen LogP contribution in [-0.4, -0.2) is 22.4 Å². The maximum Gasteiger partial charge on any atom is 0.229 e. The van der Waals surface area contributed by atoms with Crippen molar-refractivity contribution in [2.75, 3.05) is 17.2 Å². The number of fused-ring (bicyclic) bond motifs is 1. The molecule has 0 fully saturated rings. The number of nitrogens with zero attached hydrogens (tertiary/aromatic N) is 2. The Morgan fingerprint density at radius 3 is 2.33 bits per heavy atom. The molecule has 1 heterocycles. The first-order chi connectivity index (χ1) is 14.5. The van der Waals surface area contributed by atoms with Gasteiger partial charge < -0.3 is 15.4 Å². The smallest absolute Gasteiger partial charge is 0.229 e. The largest absolute Gasteiger partial charge is 0.494 e. The number of carbonyl (C=O) groups is 1. The fourth-order valence-electron chi connectivity index (χ4n) is 3.62. The van der Waals surface area contributed by atoms with E-state index >= 15 is 0 Å². The van der Waals surface area contributed by atoms with Gasteiger partial charge in [0.2, 0.25) is 5.95 Å². The zero-order valence-corrected chi connectivity index (χ0v) is 17.5. The Morgan fingerprint density at radius 2 is 1.63 bits per heavy atom. The molecule has 0 radical (unpaired) electrons. The molecule has 1 aliphatic rings. The number of carbonyl (C=O) groups excluding carboxylic acids is 1. The third kappa shape index (κ3) is 4.43. The van der Waals surface area contributed by atoms with Crippen LogP contribution in [0.15, 0.2) is 48.5 Å². The van der Waals surface area contributed by atoms with E-state index in [-0.39, 0.29) is 11.7 Å². The maximum absolute atomic E-state index is 12.8. The van der Waals surface area contributed by atoms with Crippen molar-refractivity contribution < 1.29 is 9.53 Å². The lowest BCUT2D eigenvalue weighted by atomic mass is 9.87. The van der Waals surface area contributed by atoms with Gasteiger partial charge in [-0.25, -0.2) is 4.98 Å². The van der Waals surface area contributed by atoms with E-state index in [9.17, 15) is 4.79 Å². The van der Waals surface area contributed by atoms with Crippen molar-refractivity contribution in [1.82, 2.24) is 9.97 Å². The minimum Gasteiger partial charge on any atom is -0.494 e. The first-order valence-corrected chi connectivity index (χ1v) is 10.3. The number of hydrogen-bond donors (Lipinski definition) is 2. The number of aromatic nitrogens is 2. The van der Waals surface area contributed by atoms with Gasteiger partial charge in [0.15, 0.2) is 5.78 Å². The van der Waals surface area contributed by atoms with E-state index in [0.717, 1.165) is 29.2 Å². The van der Waals surface area contributed by atoms with Gasteiger partial charge >= 0.3 is 0 Å². The molecule has 2 N–H and O–H groups in total. The fraction of sp³-hybridized carbons (Fsp3) is 0.292. The summed E-state index contributed by atoms with van der Waals surface area (Å²) >= 11 is 0. The number of hydrogen-bond acceptors (Lipinski definition) is 6. The van der Waals surface area contributed by atoms with Gasteiger partial charge in [0.05, 0.1) is 17.9 Å². The monoisotopic (exact) mass is 402 g/mol. The molecule has 6 nitrogen and oxygen atoms in total. The molecule has 0 saturated carbocycles. The minimum absolute atomic E-state index is 0.0889. The van der Waals surface area contributed by atoms with E-state index in [0.29, 0.717) is 30.4 Å². The first-order valence-electron chi connectivity index (χ1n) is 10.3. The summed E-state index contributed by atoms with van der Waals surface area (Å²) < 4.78 is 5.50. The van der Waals surface area contributed by atoms with E-state index in [4.69, 9.17) is 4.74 Å². The van der Waals surface area contributed by atoms with E-state index in [1.54, 1.807) is 0 Å². The van der Waals surface area contributed by atoms with Gasteiger partial charge in [0.1, 0.15) is 11.6 Å². The highest BCUT2D eigenvalue weighted by molar-refractivity contribution is 6.03. The zero-order valence-electron chi connectivity index (χ0n) is 17.5. The molecule has 0 spiro atoms. The summed E-state index contributed by atoms with van der Waals surface area (Å²) in [5.74, 6) is 2.19. The molecule has 6 heteroatoms. The second-order valence-corrected chi connectivity index (χ2v) is 7.73. The molecule has 1 aromatic heterocycles. The first kappa shape index (κ1) is 19.9. The van der Waals surface area contributed by atoms with E-state index in [1.165, 1.54) is 5.56 Å². The number of ketones is 1. The van der Waals surface area contributed by atoms with Gasteiger partial charge in [-0.1, -0.05) is 24.6 Å². The third-order valence-electron chi connectivity index (χ3n) is 5.07. The molecular weight excluding hydrogens is 376 g/mol. The summed E-state index contributed by atoms with van der Waals surface area (Å²) in [5.41, 5.74) is 4.31. The molecule has 0 aliphatic heterocycles. The molecule has 4 rings (SSSR count). The van der Waals surface area contributed by atoms with E-state index < -0.39 is 0 Å². The highest BCUT2D eigenvalue weighted by atomic mass is 16.5. The number of rotatable bonds is 6. The number of anilines is 4. The average molecular weight is 402 g/mol. The van der Waals surface area contributed by atoms with Crippen molar-refractivity contribution in [1.29, 1.82) is 0 Å². The summed E-state index contributed by atoms with van der Waals surface area (Å²) in [6.07, 6.45) is 1.27. The van der Waals surface area contributed by atoms with Crippen LogP contribution in [0.5, 0.6) is 5.75 Å². The topological polar surface area (TPSA) is 76.1 Å². The van der Waals surface area contributed by atoms with Crippen LogP contribution in [-0.2, 0) is 6.42 Å². The van der Waals surface area contributed by atoms with Crippen LogP contribution in [0.3, 0.4) is 0 Å². The van der Waals surface area contributed by atoms with Crippen LogP contribution in [0, 0.1) is 12.8 Å². The Balaban J connectivity index is 1.68. The molecule has 154 valence electrons. The van der Waals surface area contributed by atoms with Crippen LogP contribution in [0.2, 0.25) is 0 Å². The molecule has 1 unspecified atom stereocenters. The minimum atomic E-state index is 0.0889. The fourth-order valence-corrected chi connectivity index (χ4v) is 3.62. The van der Waals surface area contributed by atoms with Crippen molar-refractivity contribution in [2.45, 2.75) is 33.6 Å². The van der Waals surface area contributed by atoms with Crippen LogP contribution in [0.1, 0.15) is 41.9 Å². The van der Waals surface area contributed by atoms with Crippen molar-refractivity contribution in [3.8, 4) is 5.75 Å². The summed E-state index contributed by atoms with van der Waals surface area (Å²) in [5, 5.41) is 6.58. The summed E-state index contributed by atoms with van der Waals surface area (Å²) in [6, 6.07) is 15.7. The van der Waals surface area contributed by atoms with Crippen molar-refractivity contribution in [3.63, 3.8) is 0 Å². The summed E-state index contributed by atoms with van der Waals surface area (Å²) in [7, 11) is 0. The van der Waals surface area contributed by atoms with E-state index in [2.05, 4.69) is 27.5 Å². The molecule has 0 amide bonds. The lowest BCUT2D eigenvalue weighted by Gasteiger charge is -2.23. The predicted molar refractivity (Wildman–Crippen MR) is 119 cm³/mol. The number of aryl methyl sites for hydroxylation is 1. The Kier molecular flexibility index (Phi) is 5.65.